The number of aliphatic carboxylic acids is 1. The molecule has 1 atom stereocenters. The SMILES string of the molecule is CCC(CC)(CC)NC(C)C(=O)O. The summed E-state index contributed by atoms with van der Waals surface area (Å²) in [5.74, 6) is -0.778. The zero-order chi connectivity index (χ0) is 10.5. The maximum Gasteiger partial charge on any atom is 0.320 e. The summed E-state index contributed by atoms with van der Waals surface area (Å²) in [6.07, 6.45) is 2.91. The van der Waals surface area contributed by atoms with E-state index in [1.54, 1.807) is 6.92 Å². The van der Waals surface area contributed by atoms with Crippen LogP contribution in [0.1, 0.15) is 47.0 Å². The lowest BCUT2D eigenvalue weighted by Gasteiger charge is -2.33. The molecule has 0 aliphatic carbocycles. The van der Waals surface area contributed by atoms with Crippen LogP contribution in [0.2, 0.25) is 0 Å². The molecule has 0 aliphatic heterocycles. The Bertz CT molecular complexity index is 156. The Kier molecular flexibility index (Phi) is 4.99. The monoisotopic (exact) mass is 187 g/mol. The molecule has 0 aromatic heterocycles. The quantitative estimate of drug-likeness (QED) is 0.668. The van der Waals surface area contributed by atoms with Gasteiger partial charge in [0.2, 0.25) is 0 Å². The predicted molar refractivity (Wildman–Crippen MR) is 53.8 cm³/mol. The summed E-state index contributed by atoms with van der Waals surface area (Å²) < 4.78 is 0. The average Bonchev–Trinajstić information content (AvgIpc) is 2.14. The van der Waals surface area contributed by atoms with Gasteiger partial charge in [0.05, 0.1) is 0 Å². The van der Waals surface area contributed by atoms with Crippen molar-refractivity contribution in [1.82, 2.24) is 5.32 Å². The van der Waals surface area contributed by atoms with Crippen LogP contribution >= 0.6 is 0 Å². The van der Waals surface area contributed by atoms with E-state index in [2.05, 4.69) is 26.1 Å². The van der Waals surface area contributed by atoms with E-state index in [4.69, 9.17) is 5.11 Å². The molecule has 0 fully saturated rings. The van der Waals surface area contributed by atoms with E-state index in [0.29, 0.717) is 0 Å². The van der Waals surface area contributed by atoms with E-state index in [0.717, 1.165) is 19.3 Å². The normalized spacial score (nSPS) is 14.2. The second-order valence-corrected chi connectivity index (χ2v) is 3.55. The number of carboxylic acids is 1. The lowest BCUT2D eigenvalue weighted by Crippen LogP contribution is -2.51. The van der Waals surface area contributed by atoms with Crippen LogP contribution in [0.4, 0.5) is 0 Å². The molecule has 3 nitrogen and oxygen atoms in total. The Morgan fingerprint density at radius 2 is 1.69 bits per heavy atom. The molecule has 78 valence electrons. The van der Waals surface area contributed by atoms with Crippen LogP contribution < -0.4 is 5.32 Å². The fourth-order valence-corrected chi connectivity index (χ4v) is 1.58. The van der Waals surface area contributed by atoms with Crippen molar-refractivity contribution < 1.29 is 9.90 Å². The van der Waals surface area contributed by atoms with Crippen LogP contribution in [0.3, 0.4) is 0 Å². The highest BCUT2D eigenvalue weighted by Gasteiger charge is 2.27. The minimum absolute atomic E-state index is 0.00218. The number of rotatable bonds is 6. The minimum atomic E-state index is -0.778. The molecule has 0 amide bonds. The van der Waals surface area contributed by atoms with Gasteiger partial charge >= 0.3 is 5.97 Å². The smallest absolute Gasteiger partial charge is 0.320 e. The lowest BCUT2D eigenvalue weighted by molar-refractivity contribution is -0.139. The molecule has 0 aliphatic rings. The van der Waals surface area contributed by atoms with Crippen LogP contribution in [-0.4, -0.2) is 22.7 Å². The summed E-state index contributed by atoms with van der Waals surface area (Å²) >= 11 is 0. The first-order valence-electron chi connectivity index (χ1n) is 5.01. The van der Waals surface area contributed by atoms with Crippen molar-refractivity contribution in [2.45, 2.75) is 58.5 Å². The Balaban J connectivity index is 4.32. The third-order valence-corrected chi connectivity index (χ3v) is 2.92. The third-order valence-electron chi connectivity index (χ3n) is 2.92. The van der Waals surface area contributed by atoms with Crippen molar-refractivity contribution in [2.24, 2.45) is 0 Å². The molecule has 0 saturated carbocycles. The number of hydrogen-bond donors (Lipinski definition) is 2. The van der Waals surface area contributed by atoms with Gasteiger partial charge in [-0.15, -0.1) is 0 Å². The molecule has 0 heterocycles. The molecule has 0 rings (SSSR count). The van der Waals surface area contributed by atoms with Crippen molar-refractivity contribution >= 4 is 5.97 Å². The number of carbonyl (C=O) groups is 1. The molecular formula is C10H21NO2. The molecule has 0 bridgehead atoms. The summed E-state index contributed by atoms with van der Waals surface area (Å²) in [5, 5.41) is 11.9. The fourth-order valence-electron chi connectivity index (χ4n) is 1.58. The Labute approximate surface area is 80.5 Å². The van der Waals surface area contributed by atoms with E-state index in [-0.39, 0.29) is 5.54 Å². The largest absolute Gasteiger partial charge is 0.480 e. The van der Waals surface area contributed by atoms with Crippen LogP contribution in [0.5, 0.6) is 0 Å². The van der Waals surface area contributed by atoms with Gasteiger partial charge in [-0.05, 0) is 26.2 Å². The van der Waals surface area contributed by atoms with Crippen molar-refractivity contribution in [3.05, 3.63) is 0 Å². The number of nitrogens with one attached hydrogen (secondary N) is 1. The maximum atomic E-state index is 10.7. The van der Waals surface area contributed by atoms with Gasteiger partial charge in [-0.1, -0.05) is 20.8 Å². The highest BCUT2D eigenvalue weighted by molar-refractivity contribution is 5.72. The van der Waals surface area contributed by atoms with Gasteiger partial charge in [0.1, 0.15) is 6.04 Å². The fraction of sp³-hybridized carbons (Fsp3) is 0.900. The maximum absolute atomic E-state index is 10.7. The molecule has 0 radical (unpaired) electrons. The molecule has 1 unspecified atom stereocenters. The molecule has 0 spiro atoms. The van der Waals surface area contributed by atoms with E-state index in [1.165, 1.54) is 0 Å². The van der Waals surface area contributed by atoms with Gasteiger partial charge in [0.25, 0.3) is 0 Å². The molecule has 2 N–H and O–H groups in total. The van der Waals surface area contributed by atoms with Crippen LogP contribution in [0.25, 0.3) is 0 Å². The van der Waals surface area contributed by atoms with E-state index in [9.17, 15) is 4.79 Å². The van der Waals surface area contributed by atoms with E-state index < -0.39 is 12.0 Å². The first kappa shape index (κ1) is 12.4. The molecular weight excluding hydrogens is 166 g/mol. The molecule has 13 heavy (non-hydrogen) atoms. The first-order valence-corrected chi connectivity index (χ1v) is 5.01. The second kappa shape index (κ2) is 5.22. The van der Waals surface area contributed by atoms with Crippen LogP contribution in [0.15, 0.2) is 0 Å². The summed E-state index contributed by atoms with van der Waals surface area (Å²) in [7, 11) is 0. The Hall–Kier alpha value is -0.570. The lowest BCUT2D eigenvalue weighted by atomic mass is 9.89. The summed E-state index contributed by atoms with van der Waals surface area (Å²) in [4.78, 5) is 10.7. The highest BCUT2D eigenvalue weighted by Crippen LogP contribution is 2.19. The van der Waals surface area contributed by atoms with Gasteiger partial charge in [-0.2, -0.15) is 0 Å². The van der Waals surface area contributed by atoms with Crippen molar-refractivity contribution in [1.29, 1.82) is 0 Å². The first-order chi connectivity index (χ1) is 6.01. The zero-order valence-corrected chi connectivity index (χ0v) is 9.05. The second-order valence-electron chi connectivity index (χ2n) is 3.55. The van der Waals surface area contributed by atoms with Gasteiger partial charge < -0.3 is 5.11 Å². The van der Waals surface area contributed by atoms with Crippen LogP contribution in [0, 0.1) is 0 Å². The predicted octanol–water partition coefficient (Wildman–Crippen LogP) is 2.02. The number of hydrogen-bond acceptors (Lipinski definition) is 2. The molecule has 0 aromatic rings. The average molecular weight is 187 g/mol. The molecule has 0 aromatic carbocycles. The third kappa shape index (κ3) is 3.35. The topological polar surface area (TPSA) is 49.3 Å². The molecule has 3 heteroatoms. The van der Waals surface area contributed by atoms with Crippen molar-refractivity contribution in [3.8, 4) is 0 Å². The summed E-state index contributed by atoms with van der Waals surface area (Å²) in [6, 6.07) is -0.458. The van der Waals surface area contributed by atoms with Gasteiger partial charge in [-0.3, -0.25) is 10.1 Å². The zero-order valence-electron chi connectivity index (χ0n) is 9.05. The van der Waals surface area contributed by atoms with Gasteiger partial charge in [-0.25, -0.2) is 0 Å². The van der Waals surface area contributed by atoms with Gasteiger partial charge in [0.15, 0.2) is 0 Å². The summed E-state index contributed by atoms with van der Waals surface area (Å²) in [6.45, 7) is 7.97. The van der Waals surface area contributed by atoms with Gasteiger partial charge in [0, 0.05) is 5.54 Å². The van der Waals surface area contributed by atoms with E-state index in [1.807, 2.05) is 0 Å². The van der Waals surface area contributed by atoms with Crippen molar-refractivity contribution in [3.63, 3.8) is 0 Å². The Morgan fingerprint density at radius 3 is 1.92 bits per heavy atom. The van der Waals surface area contributed by atoms with Crippen molar-refractivity contribution in [2.75, 3.05) is 0 Å². The minimum Gasteiger partial charge on any atom is -0.480 e. The van der Waals surface area contributed by atoms with Crippen LogP contribution in [-0.2, 0) is 4.79 Å². The standard InChI is InChI=1S/C10H21NO2/c1-5-10(6-2,7-3)11-8(4)9(12)13/h8,11H,5-7H2,1-4H3,(H,12,13). The molecule has 0 saturated heterocycles. The highest BCUT2D eigenvalue weighted by atomic mass is 16.4. The number of carboxylic acid groups (broad SMARTS) is 1. The summed E-state index contributed by atoms with van der Waals surface area (Å²) in [5.41, 5.74) is -0.00218. The Morgan fingerprint density at radius 1 is 1.31 bits per heavy atom. The van der Waals surface area contributed by atoms with E-state index >= 15 is 0 Å².